The Morgan fingerprint density at radius 1 is 0.861 bits per heavy atom. The molecule has 3 aliphatic rings. The maximum absolute atomic E-state index is 14.5. The van der Waals surface area contributed by atoms with Crippen molar-refractivity contribution in [3.8, 4) is 0 Å². The second-order valence-electron chi connectivity index (χ2n) is 11.0. The Kier molecular flexibility index (Phi) is 6.66. The maximum Gasteiger partial charge on any atom is 0.159 e. The molecule has 1 saturated heterocycles. The van der Waals surface area contributed by atoms with E-state index in [1.807, 2.05) is 74.5 Å². The molecule has 0 radical (unpaired) electrons. The van der Waals surface area contributed by atoms with Crippen LogP contribution in [-0.2, 0) is 41.8 Å². The summed E-state index contributed by atoms with van der Waals surface area (Å²) in [4.78, 5) is 27.4. The number of ether oxygens (including phenoxy) is 4. The lowest BCUT2D eigenvalue weighted by atomic mass is 9.61. The summed E-state index contributed by atoms with van der Waals surface area (Å²) in [6, 6.07) is 19.9. The van der Waals surface area contributed by atoms with Crippen LogP contribution in [-0.4, -0.2) is 43.3 Å². The molecular formula is C30H36O6. The number of carbonyl (C=O) groups excluding carboxylic acids is 2. The van der Waals surface area contributed by atoms with E-state index in [9.17, 15) is 9.59 Å². The first-order valence-corrected chi connectivity index (χ1v) is 12.9. The molecule has 0 bridgehead atoms. The third-order valence-corrected chi connectivity index (χ3v) is 8.97. The topological polar surface area (TPSA) is 71.1 Å². The molecule has 0 unspecified atom stereocenters. The second kappa shape index (κ2) is 9.49. The van der Waals surface area contributed by atoms with Crippen molar-refractivity contribution in [3.05, 3.63) is 71.8 Å². The van der Waals surface area contributed by atoms with Gasteiger partial charge in [-0.25, -0.2) is 0 Å². The fraction of sp³-hybridized carbons (Fsp3) is 0.533. The average molecular weight is 493 g/mol. The number of hydrogen-bond acceptors (Lipinski definition) is 6. The molecule has 2 aliphatic carbocycles. The number of rotatable bonds is 10. The maximum atomic E-state index is 14.5. The van der Waals surface area contributed by atoms with Gasteiger partial charge in [-0.1, -0.05) is 67.6 Å². The highest BCUT2D eigenvalue weighted by Gasteiger charge is 2.85. The van der Waals surface area contributed by atoms with E-state index in [2.05, 4.69) is 6.92 Å². The van der Waals surface area contributed by atoms with Gasteiger partial charge in [0.25, 0.3) is 0 Å². The first-order valence-electron chi connectivity index (χ1n) is 12.9. The van der Waals surface area contributed by atoms with Crippen LogP contribution in [0.15, 0.2) is 60.7 Å². The number of hydrogen-bond donors (Lipinski definition) is 0. The zero-order chi connectivity index (χ0) is 25.4. The quantitative estimate of drug-likeness (QED) is 0.471. The normalized spacial score (nSPS) is 35.2. The van der Waals surface area contributed by atoms with Crippen molar-refractivity contribution in [2.75, 3.05) is 19.8 Å². The molecule has 0 N–H and O–H groups in total. The van der Waals surface area contributed by atoms with Crippen LogP contribution in [0.4, 0.5) is 0 Å². The van der Waals surface area contributed by atoms with Gasteiger partial charge in [0.15, 0.2) is 12.1 Å². The van der Waals surface area contributed by atoms with E-state index >= 15 is 0 Å². The van der Waals surface area contributed by atoms with Gasteiger partial charge in [-0.05, 0) is 25.0 Å². The fourth-order valence-corrected chi connectivity index (χ4v) is 7.04. The van der Waals surface area contributed by atoms with E-state index in [4.69, 9.17) is 18.9 Å². The molecule has 2 saturated carbocycles. The SMILES string of the molecule is CCO[C@H]1C[C@@]23CC(=O)C[C@]2(O1)[C@](C)(COCc1ccccc1)[C@](C)(COCc1ccccc1)C3=O. The van der Waals surface area contributed by atoms with Gasteiger partial charge in [0, 0.05) is 31.3 Å². The molecule has 6 heteroatoms. The standard InChI is InChI=1S/C30H36O6/c1-4-35-25-17-29-15-24(31)16-30(29,36-25)28(3,21-34-19-23-13-9-6-10-14-23)27(2,26(29)32)20-33-18-22-11-7-5-8-12-22/h5-14,25H,4,15-21H2,1-3H3/t25-,27-,28-,29-,30+/m1/s1. The van der Waals surface area contributed by atoms with Gasteiger partial charge >= 0.3 is 0 Å². The Morgan fingerprint density at radius 3 is 2.03 bits per heavy atom. The van der Waals surface area contributed by atoms with Crippen molar-refractivity contribution in [1.82, 2.24) is 0 Å². The van der Waals surface area contributed by atoms with Crippen LogP contribution in [0.1, 0.15) is 51.2 Å². The lowest BCUT2D eigenvalue weighted by Gasteiger charge is -2.48. The summed E-state index contributed by atoms with van der Waals surface area (Å²) < 4.78 is 25.0. The van der Waals surface area contributed by atoms with Crippen molar-refractivity contribution in [2.45, 2.75) is 65.1 Å². The van der Waals surface area contributed by atoms with E-state index in [1.54, 1.807) is 0 Å². The Balaban J connectivity index is 1.47. The highest BCUT2D eigenvalue weighted by molar-refractivity contribution is 6.03. The van der Waals surface area contributed by atoms with Crippen LogP contribution in [0.3, 0.4) is 0 Å². The van der Waals surface area contributed by atoms with Crippen molar-refractivity contribution >= 4 is 11.6 Å². The summed E-state index contributed by atoms with van der Waals surface area (Å²) in [6.45, 7) is 7.75. The van der Waals surface area contributed by atoms with Gasteiger partial charge in [0.2, 0.25) is 0 Å². The number of carbonyl (C=O) groups is 2. The molecule has 0 aromatic heterocycles. The number of ketones is 2. The van der Waals surface area contributed by atoms with E-state index < -0.39 is 28.1 Å². The first-order chi connectivity index (χ1) is 17.3. The fourth-order valence-electron chi connectivity index (χ4n) is 7.04. The second-order valence-corrected chi connectivity index (χ2v) is 11.0. The van der Waals surface area contributed by atoms with Gasteiger partial charge in [-0.3, -0.25) is 9.59 Å². The lowest BCUT2D eigenvalue weighted by Crippen LogP contribution is -2.56. The molecule has 5 atom stereocenters. The van der Waals surface area contributed by atoms with Gasteiger partial charge in [-0.15, -0.1) is 0 Å². The van der Waals surface area contributed by atoms with Crippen molar-refractivity contribution in [1.29, 1.82) is 0 Å². The van der Waals surface area contributed by atoms with Crippen LogP contribution in [0, 0.1) is 16.2 Å². The molecule has 2 aromatic carbocycles. The predicted molar refractivity (Wildman–Crippen MR) is 134 cm³/mol. The molecule has 5 rings (SSSR count). The molecule has 1 heterocycles. The van der Waals surface area contributed by atoms with Crippen LogP contribution in [0.25, 0.3) is 0 Å². The minimum atomic E-state index is -0.977. The molecule has 6 nitrogen and oxygen atoms in total. The summed E-state index contributed by atoms with van der Waals surface area (Å²) >= 11 is 0. The molecule has 3 fully saturated rings. The molecule has 1 aliphatic heterocycles. The minimum Gasteiger partial charge on any atom is -0.376 e. The Labute approximate surface area is 213 Å². The zero-order valence-corrected chi connectivity index (χ0v) is 21.5. The molecular weight excluding hydrogens is 456 g/mol. The Hall–Kier alpha value is -2.38. The van der Waals surface area contributed by atoms with Crippen LogP contribution < -0.4 is 0 Å². The highest BCUT2D eigenvalue weighted by atomic mass is 16.7. The van der Waals surface area contributed by atoms with Crippen molar-refractivity contribution in [3.63, 3.8) is 0 Å². The number of benzene rings is 2. The van der Waals surface area contributed by atoms with E-state index in [-0.39, 0.29) is 37.6 Å². The zero-order valence-electron chi connectivity index (χ0n) is 21.5. The van der Waals surface area contributed by atoms with Gasteiger partial charge < -0.3 is 18.9 Å². The van der Waals surface area contributed by atoms with Crippen LogP contribution >= 0.6 is 0 Å². The summed E-state index contributed by atoms with van der Waals surface area (Å²) in [5.74, 6) is 0.113. The Bertz CT molecular complexity index is 1100. The van der Waals surface area contributed by atoms with E-state index in [1.165, 1.54) is 0 Å². The average Bonchev–Trinajstić information content (AvgIpc) is 3.36. The monoisotopic (exact) mass is 492 g/mol. The smallest absolute Gasteiger partial charge is 0.159 e. The van der Waals surface area contributed by atoms with E-state index in [0.717, 1.165) is 11.1 Å². The summed E-state index contributed by atoms with van der Waals surface area (Å²) in [6.07, 6.45) is 0.281. The van der Waals surface area contributed by atoms with Crippen molar-refractivity contribution in [2.24, 2.45) is 16.2 Å². The number of Topliss-reactive ketones (excluding diaryl/α,β-unsaturated/α-hetero) is 2. The molecule has 0 amide bonds. The first kappa shape index (κ1) is 25.3. The van der Waals surface area contributed by atoms with Crippen LogP contribution in [0.2, 0.25) is 0 Å². The largest absolute Gasteiger partial charge is 0.376 e. The summed E-state index contributed by atoms with van der Waals surface area (Å²) in [5, 5.41) is 0. The summed E-state index contributed by atoms with van der Waals surface area (Å²) in [5.41, 5.74) is -1.47. The van der Waals surface area contributed by atoms with Gasteiger partial charge in [0.1, 0.15) is 5.78 Å². The minimum absolute atomic E-state index is 0.0434. The van der Waals surface area contributed by atoms with Crippen molar-refractivity contribution < 1.29 is 28.5 Å². The van der Waals surface area contributed by atoms with Crippen LogP contribution in [0.5, 0.6) is 0 Å². The molecule has 0 spiro atoms. The predicted octanol–water partition coefficient (Wildman–Crippen LogP) is 4.89. The summed E-state index contributed by atoms with van der Waals surface area (Å²) in [7, 11) is 0. The third kappa shape index (κ3) is 3.69. The van der Waals surface area contributed by atoms with E-state index in [0.29, 0.717) is 26.2 Å². The third-order valence-electron chi connectivity index (χ3n) is 8.97. The Morgan fingerprint density at radius 2 is 1.44 bits per heavy atom. The van der Waals surface area contributed by atoms with Gasteiger partial charge in [0.05, 0.1) is 42.9 Å². The molecule has 192 valence electrons. The molecule has 2 aromatic rings. The highest BCUT2D eigenvalue weighted by Crippen LogP contribution is 2.75. The lowest BCUT2D eigenvalue weighted by molar-refractivity contribution is -0.232. The molecule has 36 heavy (non-hydrogen) atoms. The van der Waals surface area contributed by atoms with Gasteiger partial charge in [-0.2, -0.15) is 0 Å².